The van der Waals surface area contributed by atoms with Crippen LogP contribution in [0.1, 0.15) is 43.5 Å². The summed E-state index contributed by atoms with van der Waals surface area (Å²) in [6.07, 6.45) is 2.90. The Morgan fingerprint density at radius 2 is 1.85 bits per heavy atom. The monoisotopic (exact) mass is 510 g/mol. The van der Waals surface area contributed by atoms with Crippen LogP contribution >= 0.6 is 34.8 Å². The number of nitrogens with one attached hydrogen (secondary N) is 1. The minimum absolute atomic E-state index is 0.0719. The van der Waals surface area contributed by atoms with Gasteiger partial charge in [-0.25, -0.2) is 4.79 Å². The van der Waals surface area contributed by atoms with E-state index in [2.05, 4.69) is 20.1 Å². The van der Waals surface area contributed by atoms with Gasteiger partial charge >= 0.3 is 5.69 Å². The summed E-state index contributed by atoms with van der Waals surface area (Å²) in [5.74, 6) is 0.884. The van der Waals surface area contributed by atoms with Crippen LogP contribution in [0.2, 0.25) is 15.3 Å². The number of aromatic nitrogens is 6. The SMILES string of the molecule is CCCCn1c(=O)n(CCCc2nc(Cc3cccc(Cl)c3Cl)no2)c(=O)c2[nH]c(Cl)nc21. The lowest BCUT2D eigenvalue weighted by molar-refractivity contribution is 0.367. The van der Waals surface area contributed by atoms with Gasteiger partial charge in [-0.15, -0.1) is 0 Å². The number of benzene rings is 1. The zero-order valence-electron chi connectivity index (χ0n) is 17.8. The summed E-state index contributed by atoms with van der Waals surface area (Å²) in [6, 6.07) is 5.36. The van der Waals surface area contributed by atoms with E-state index in [0.29, 0.717) is 47.6 Å². The Bertz CT molecular complexity index is 1400. The minimum Gasteiger partial charge on any atom is -0.339 e. The Balaban J connectivity index is 1.49. The Morgan fingerprint density at radius 3 is 2.64 bits per heavy atom. The lowest BCUT2D eigenvalue weighted by Crippen LogP contribution is -2.40. The minimum atomic E-state index is -0.455. The van der Waals surface area contributed by atoms with Crippen LogP contribution in [0.4, 0.5) is 0 Å². The number of halogens is 3. The zero-order valence-corrected chi connectivity index (χ0v) is 20.0. The molecule has 0 saturated heterocycles. The number of nitrogens with zero attached hydrogens (tertiary/aromatic N) is 5. The molecule has 0 fully saturated rings. The first-order valence-corrected chi connectivity index (χ1v) is 11.7. The number of fused-ring (bicyclic) bond motifs is 1. The summed E-state index contributed by atoms with van der Waals surface area (Å²) in [7, 11) is 0. The van der Waals surface area contributed by atoms with E-state index >= 15 is 0 Å². The highest BCUT2D eigenvalue weighted by molar-refractivity contribution is 6.42. The Labute approximate surface area is 203 Å². The van der Waals surface area contributed by atoms with Gasteiger partial charge in [-0.05, 0) is 36.1 Å². The van der Waals surface area contributed by atoms with E-state index in [-0.39, 0.29) is 23.0 Å². The molecule has 3 aromatic heterocycles. The molecule has 0 radical (unpaired) electrons. The van der Waals surface area contributed by atoms with Gasteiger partial charge in [-0.2, -0.15) is 9.97 Å². The number of hydrogen-bond donors (Lipinski definition) is 1. The van der Waals surface area contributed by atoms with Crippen LogP contribution in [-0.4, -0.2) is 29.2 Å². The van der Waals surface area contributed by atoms with Gasteiger partial charge in [0.15, 0.2) is 17.0 Å². The third-order valence-electron chi connectivity index (χ3n) is 5.23. The van der Waals surface area contributed by atoms with Crippen LogP contribution in [0, 0.1) is 0 Å². The van der Waals surface area contributed by atoms with Crippen molar-refractivity contribution in [3.05, 3.63) is 71.6 Å². The first kappa shape index (κ1) is 23.5. The van der Waals surface area contributed by atoms with Crippen molar-refractivity contribution in [2.24, 2.45) is 0 Å². The molecule has 0 spiro atoms. The molecule has 33 heavy (non-hydrogen) atoms. The smallest absolute Gasteiger partial charge is 0.332 e. The summed E-state index contributed by atoms with van der Waals surface area (Å²) in [5, 5.41) is 4.97. The molecule has 174 valence electrons. The summed E-state index contributed by atoms with van der Waals surface area (Å²) in [6.45, 7) is 2.66. The molecule has 0 atom stereocenters. The van der Waals surface area contributed by atoms with Crippen molar-refractivity contribution >= 4 is 46.0 Å². The van der Waals surface area contributed by atoms with Gasteiger partial charge in [0.05, 0.1) is 10.0 Å². The van der Waals surface area contributed by atoms with Crippen molar-refractivity contribution in [1.29, 1.82) is 0 Å². The highest BCUT2D eigenvalue weighted by Gasteiger charge is 2.17. The van der Waals surface area contributed by atoms with E-state index in [1.165, 1.54) is 9.13 Å². The maximum absolute atomic E-state index is 13.0. The van der Waals surface area contributed by atoms with Crippen molar-refractivity contribution in [1.82, 2.24) is 29.2 Å². The van der Waals surface area contributed by atoms with Gasteiger partial charge < -0.3 is 9.51 Å². The fourth-order valence-electron chi connectivity index (χ4n) is 3.56. The van der Waals surface area contributed by atoms with Crippen LogP contribution < -0.4 is 11.2 Å². The fraction of sp³-hybridized carbons (Fsp3) is 0.381. The second-order valence-corrected chi connectivity index (χ2v) is 8.71. The van der Waals surface area contributed by atoms with Gasteiger partial charge in [-0.1, -0.05) is 53.8 Å². The number of H-pyrrole nitrogens is 1. The number of rotatable bonds is 9. The standard InChI is InChI=1S/C21H21Cl3N6O3/c1-2-3-9-29-18-17(26-20(24)27-18)19(31)30(21(29)32)10-5-8-15-25-14(28-33-15)11-12-6-4-7-13(22)16(12)23/h4,6-7H,2-3,5,8-11H2,1H3,(H,26,27). The maximum atomic E-state index is 13.0. The van der Waals surface area contributed by atoms with Crippen LogP contribution in [0.15, 0.2) is 32.3 Å². The van der Waals surface area contributed by atoms with E-state index in [0.717, 1.165) is 18.4 Å². The van der Waals surface area contributed by atoms with Crippen molar-refractivity contribution in [2.45, 2.75) is 52.1 Å². The molecule has 0 aliphatic rings. The molecule has 0 amide bonds. The molecule has 0 bridgehead atoms. The quantitative estimate of drug-likeness (QED) is 0.336. The first-order chi connectivity index (χ1) is 15.9. The van der Waals surface area contributed by atoms with Gasteiger partial charge in [0.1, 0.15) is 0 Å². The predicted octanol–water partition coefficient (Wildman–Crippen LogP) is 4.25. The van der Waals surface area contributed by atoms with E-state index < -0.39 is 11.2 Å². The van der Waals surface area contributed by atoms with Crippen LogP contribution in [0.3, 0.4) is 0 Å². The third-order valence-corrected chi connectivity index (χ3v) is 6.27. The van der Waals surface area contributed by atoms with Crippen molar-refractivity contribution < 1.29 is 4.52 Å². The highest BCUT2D eigenvalue weighted by Crippen LogP contribution is 2.26. The average Bonchev–Trinajstić information content (AvgIpc) is 3.40. The fourth-order valence-corrected chi connectivity index (χ4v) is 4.12. The topological polar surface area (TPSA) is 112 Å². The summed E-state index contributed by atoms with van der Waals surface area (Å²) in [4.78, 5) is 37.1. The van der Waals surface area contributed by atoms with Crippen LogP contribution in [0.25, 0.3) is 11.2 Å². The van der Waals surface area contributed by atoms with E-state index in [1.54, 1.807) is 12.1 Å². The molecule has 0 unspecified atom stereocenters. The van der Waals surface area contributed by atoms with Gasteiger partial charge in [0.25, 0.3) is 5.56 Å². The average molecular weight is 512 g/mol. The maximum Gasteiger partial charge on any atom is 0.332 e. The third kappa shape index (κ3) is 5.00. The molecule has 0 aliphatic carbocycles. The molecule has 1 N–H and O–H groups in total. The highest BCUT2D eigenvalue weighted by atomic mass is 35.5. The Kier molecular flexibility index (Phi) is 7.21. The summed E-state index contributed by atoms with van der Waals surface area (Å²) >= 11 is 18.2. The van der Waals surface area contributed by atoms with Crippen LogP contribution in [-0.2, 0) is 25.9 Å². The normalized spacial score (nSPS) is 11.5. The molecular weight excluding hydrogens is 491 g/mol. The van der Waals surface area contributed by atoms with Gasteiger partial charge in [0.2, 0.25) is 11.2 Å². The lowest BCUT2D eigenvalue weighted by atomic mass is 10.1. The van der Waals surface area contributed by atoms with Gasteiger partial charge in [0, 0.05) is 25.9 Å². The number of imidazole rings is 1. The number of aryl methyl sites for hydroxylation is 2. The Morgan fingerprint density at radius 1 is 1.06 bits per heavy atom. The van der Waals surface area contributed by atoms with Crippen molar-refractivity contribution in [2.75, 3.05) is 0 Å². The lowest BCUT2D eigenvalue weighted by Gasteiger charge is -2.10. The molecular formula is C21H21Cl3N6O3. The number of unbranched alkanes of at least 4 members (excludes halogenated alkanes) is 1. The van der Waals surface area contributed by atoms with Crippen molar-refractivity contribution in [3.8, 4) is 0 Å². The summed E-state index contributed by atoms with van der Waals surface area (Å²) < 4.78 is 7.99. The molecule has 9 nitrogen and oxygen atoms in total. The van der Waals surface area contributed by atoms with E-state index in [1.807, 2.05) is 13.0 Å². The predicted molar refractivity (Wildman–Crippen MR) is 126 cm³/mol. The Hall–Kier alpha value is -2.62. The number of aromatic amines is 1. The van der Waals surface area contributed by atoms with Crippen LogP contribution in [0.5, 0.6) is 0 Å². The second-order valence-electron chi connectivity index (χ2n) is 7.57. The summed E-state index contributed by atoms with van der Waals surface area (Å²) in [5.41, 5.74) is 0.423. The number of hydrogen-bond acceptors (Lipinski definition) is 6. The van der Waals surface area contributed by atoms with Gasteiger partial charge in [-0.3, -0.25) is 13.9 Å². The molecule has 4 rings (SSSR count). The van der Waals surface area contributed by atoms with E-state index in [9.17, 15) is 9.59 Å². The molecule has 0 saturated carbocycles. The molecule has 0 aliphatic heterocycles. The largest absolute Gasteiger partial charge is 0.339 e. The molecule has 4 aromatic rings. The molecule has 1 aromatic carbocycles. The van der Waals surface area contributed by atoms with Crippen molar-refractivity contribution in [3.63, 3.8) is 0 Å². The zero-order chi connectivity index (χ0) is 23.5. The molecule has 12 heteroatoms. The first-order valence-electron chi connectivity index (χ1n) is 10.5. The van der Waals surface area contributed by atoms with E-state index in [4.69, 9.17) is 39.3 Å². The second kappa shape index (κ2) is 10.1. The molecule has 3 heterocycles.